The van der Waals surface area contributed by atoms with E-state index in [0.717, 1.165) is 12.8 Å². The molecule has 0 heterocycles. The van der Waals surface area contributed by atoms with Crippen LogP contribution in [0.5, 0.6) is 5.75 Å². The molecule has 0 aliphatic rings. The van der Waals surface area contributed by atoms with E-state index in [1.807, 2.05) is 34.6 Å². The van der Waals surface area contributed by atoms with Crippen molar-refractivity contribution in [3.05, 3.63) is 29.8 Å². The lowest BCUT2D eigenvalue weighted by molar-refractivity contribution is -0.147. The average Bonchev–Trinajstić information content (AvgIpc) is 2.68. The zero-order valence-electron chi connectivity index (χ0n) is 21.3. The molecule has 0 saturated carbocycles. The molecule has 8 heteroatoms. The third kappa shape index (κ3) is 8.94. The highest BCUT2D eigenvalue weighted by Gasteiger charge is 2.40. The second kappa shape index (κ2) is 11.9. The lowest BCUT2D eigenvalue weighted by Crippen LogP contribution is -2.56. The molecule has 2 atom stereocenters. The van der Waals surface area contributed by atoms with Crippen molar-refractivity contribution in [1.82, 2.24) is 15.5 Å². The lowest BCUT2D eigenvalue weighted by Gasteiger charge is -2.43. The van der Waals surface area contributed by atoms with E-state index in [1.165, 1.54) is 17.0 Å². The van der Waals surface area contributed by atoms with Gasteiger partial charge in [0, 0.05) is 11.6 Å². The highest BCUT2D eigenvalue weighted by Crippen LogP contribution is 2.32. The SMILES string of the molecule is CCCC(C)NC(=O)C(c1cccc(O)c1)N(C(=O)CNC(=O)OC(C)(C)C)C(C)(C)CC. The minimum absolute atomic E-state index is 0.000454. The van der Waals surface area contributed by atoms with Gasteiger partial charge >= 0.3 is 6.09 Å². The van der Waals surface area contributed by atoms with Crippen LogP contribution in [0, 0.1) is 0 Å². The summed E-state index contributed by atoms with van der Waals surface area (Å²) in [4.78, 5) is 40.5. The number of aromatic hydroxyl groups is 1. The van der Waals surface area contributed by atoms with Gasteiger partial charge in [-0.2, -0.15) is 0 Å². The number of benzene rings is 1. The molecule has 2 unspecified atom stereocenters. The minimum atomic E-state index is -0.987. The summed E-state index contributed by atoms with van der Waals surface area (Å²) in [5, 5.41) is 15.6. The van der Waals surface area contributed by atoms with Crippen LogP contribution in [0.1, 0.15) is 86.3 Å². The molecule has 0 radical (unpaired) electrons. The van der Waals surface area contributed by atoms with E-state index in [-0.39, 0.29) is 24.2 Å². The van der Waals surface area contributed by atoms with Crippen LogP contribution >= 0.6 is 0 Å². The van der Waals surface area contributed by atoms with Gasteiger partial charge in [0.15, 0.2) is 0 Å². The van der Waals surface area contributed by atoms with Gasteiger partial charge in [-0.3, -0.25) is 9.59 Å². The number of phenolic OH excluding ortho intramolecular Hbond substituents is 1. The van der Waals surface area contributed by atoms with Crippen molar-refractivity contribution in [2.75, 3.05) is 6.54 Å². The highest BCUT2D eigenvalue weighted by molar-refractivity contribution is 5.91. The van der Waals surface area contributed by atoms with Crippen LogP contribution in [-0.4, -0.2) is 51.6 Å². The molecule has 1 aromatic rings. The number of nitrogens with one attached hydrogen (secondary N) is 2. The van der Waals surface area contributed by atoms with Crippen molar-refractivity contribution < 1.29 is 24.2 Å². The Morgan fingerprint density at radius 1 is 1.12 bits per heavy atom. The largest absolute Gasteiger partial charge is 0.508 e. The van der Waals surface area contributed by atoms with Crippen molar-refractivity contribution in [2.45, 2.75) is 97.9 Å². The Balaban J connectivity index is 3.35. The van der Waals surface area contributed by atoms with E-state index in [4.69, 9.17) is 4.74 Å². The van der Waals surface area contributed by atoms with Gasteiger partial charge < -0.3 is 25.4 Å². The fraction of sp³-hybridized carbons (Fsp3) is 0.640. The van der Waals surface area contributed by atoms with E-state index in [1.54, 1.807) is 32.9 Å². The van der Waals surface area contributed by atoms with Gasteiger partial charge in [-0.15, -0.1) is 0 Å². The van der Waals surface area contributed by atoms with Crippen LogP contribution in [0.2, 0.25) is 0 Å². The molecule has 0 aliphatic carbocycles. The number of hydrogen-bond acceptors (Lipinski definition) is 5. The molecule has 0 aromatic heterocycles. The molecule has 0 fully saturated rings. The molecule has 0 spiro atoms. The molecular weight excluding hydrogens is 422 g/mol. The predicted octanol–water partition coefficient (Wildman–Crippen LogP) is 4.28. The molecule has 0 aliphatic heterocycles. The Bertz CT molecular complexity index is 817. The van der Waals surface area contributed by atoms with Crippen molar-refractivity contribution in [3.8, 4) is 5.75 Å². The lowest BCUT2D eigenvalue weighted by atomic mass is 9.92. The Labute approximate surface area is 198 Å². The van der Waals surface area contributed by atoms with Crippen LogP contribution in [0.3, 0.4) is 0 Å². The molecule has 3 amide bonds. The molecular formula is C25H41N3O5. The quantitative estimate of drug-likeness (QED) is 0.480. The number of rotatable bonds is 10. The molecule has 3 N–H and O–H groups in total. The zero-order chi connectivity index (χ0) is 25.4. The number of nitrogens with zero attached hydrogens (tertiary/aromatic N) is 1. The summed E-state index contributed by atoms with van der Waals surface area (Å²) in [7, 11) is 0. The van der Waals surface area contributed by atoms with Crippen molar-refractivity contribution >= 4 is 17.9 Å². The number of alkyl carbamates (subject to hydrolysis) is 1. The number of hydrogen-bond donors (Lipinski definition) is 3. The first kappa shape index (κ1) is 28.3. The molecule has 0 bridgehead atoms. The van der Waals surface area contributed by atoms with E-state index in [9.17, 15) is 19.5 Å². The molecule has 1 aromatic carbocycles. The zero-order valence-corrected chi connectivity index (χ0v) is 21.3. The van der Waals surface area contributed by atoms with Gasteiger partial charge in [0.2, 0.25) is 11.8 Å². The third-order valence-electron chi connectivity index (χ3n) is 5.37. The first-order valence-corrected chi connectivity index (χ1v) is 11.6. The molecule has 33 heavy (non-hydrogen) atoms. The first-order valence-electron chi connectivity index (χ1n) is 11.6. The summed E-state index contributed by atoms with van der Waals surface area (Å²) in [6.07, 6.45) is 1.56. The number of carbonyl (C=O) groups excluding carboxylic acids is 3. The highest BCUT2D eigenvalue weighted by atomic mass is 16.6. The first-order chi connectivity index (χ1) is 15.2. The fourth-order valence-electron chi connectivity index (χ4n) is 3.49. The standard InChI is InChI=1S/C25H41N3O5/c1-9-12-17(3)27-22(31)21(18-13-11-14-19(29)15-18)28(25(7,8)10-2)20(30)16-26-23(32)33-24(4,5)6/h11,13-15,17,21,29H,9-10,12,16H2,1-8H3,(H,26,32)(H,27,31). The Hall–Kier alpha value is -2.77. The molecule has 8 nitrogen and oxygen atoms in total. The topological polar surface area (TPSA) is 108 Å². The summed E-state index contributed by atoms with van der Waals surface area (Å²) in [5.74, 6) is -0.770. The van der Waals surface area contributed by atoms with Gasteiger partial charge in [0.25, 0.3) is 0 Å². The van der Waals surface area contributed by atoms with Crippen LogP contribution in [0.15, 0.2) is 24.3 Å². The maximum absolute atomic E-state index is 13.5. The van der Waals surface area contributed by atoms with Crippen LogP contribution in [0.4, 0.5) is 4.79 Å². The van der Waals surface area contributed by atoms with Crippen molar-refractivity contribution in [3.63, 3.8) is 0 Å². The van der Waals surface area contributed by atoms with Gasteiger partial charge in [0.05, 0.1) is 0 Å². The number of phenols is 1. The van der Waals surface area contributed by atoms with E-state index in [0.29, 0.717) is 12.0 Å². The van der Waals surface area contributed by atoms with Gasteiger partial charge in [-0.1, -0.05) is 32.4 Å². The Kier molecular flexibility index (Phi) is 10.2. The van der Waals surface area contributed by atoms with E-state index < -0.39 is 29.2 Å². The number of amides is 3. The summed E-state index contributed by atoms with van der Waals surface area (Å²) >= 11 is 0. The third-order valence-corrected chi connectivity index (χ3v) is 5.37. The number of ether oxygens (including phenoxy) is 1. The smallest absolute Gasteiger partial charge is 0.408 e. The average molecular weight is 464 g/mol. The minimum Gasteiger partial charge on any atom is -0.508 e. The van der Waals surface area contributed by atoms with E-state index in [2.05, 4.69) is 10.6 Å². The maximum atomic E-state index is 13.5. The van der Waals surface area contributed by atoms with Crippen molar-refractivity contribution in [2.24, 2.45) is 0 Å². The molecule has 186 valence electrons. The monoisotopic (exact) mass is 463 g/mol. The molecule has 0 saturated heterocycles. The second-order valence-corrected chi connectivity index (χ2v) is 9.98. The van der Waals surface area contributed by atoms with Gasteiger partial charge in [0.1, 0.15) is 23.9 Å². The van der Waals surface area contributed by atoms with Gasteiger partial charge in [-0.25, -0.2) is 4.79 Å². The molecule has 1 rings (SSSR count). The van der Waals surface area contributed by atoms with E-state index >= 15 is 0 Å². The predicted molar refractivity (Wildman–Crippen MR) is 129 cm³/mol. The van der Waals surface area contributed by atoms with Crippen LogP contribution < -0.4 is 10.6 Å². The fourth-order valence-corrected chi connectivity index (χ4v) is 3.49. The summed E-state index contributed by atoms with van der Waals surface area (Å²) in [5.41, 5.74) is -0.924. The normalized spacial score (nSPS) is 13.6. The number of carbonyl (C=O) groups is 3. The summed E-state index contributed by atoms with van der Waals surface area (Å²) < 4.78 is 5.23. The summed E-state index contributed by atoms with van der Waals surface area (Å²) in [6.45, 7) is 14.5. The summed E-state index contributed by atoms with van der Waals surface area (Å²) in [6, 6.07) is 5.28. The van der Waals surface area contributed by atoms with Crippen LogP contribution in [0.25, 0.3) is 0 Å². The van der Waals surface area contributed by atoms with Crippen molar-refractivity contribution in [1.29, 1.82) is 0 Å². The van der Waals surface area contributed by atoms with Crippen LogP contribution in [-0.2, 0) is 14.3 Å². The second-order valence-electron chi connectivity index (χ2n) is 9.98. The Morgan fingerprint density at radius 2 is 1.76 bits per heavy atom. The maximum Gasteiger partial charge on any atom is 0.408 e. The Morgan fingerprint density at radius 3 is 2.27 bits per heavy atom. The van der Waals surface area contributed by atoms with Gasteiger partial charge in [-0.05, 0) is 72.1 Å².